The molecule has 1 amide bonds. The number of amides is 1. The minimum atomic E-state index is -3.92. The Labute approximate surface area is 202 Å². The number of carbonyl (C=O) groups excluding carboxylic acids is 1. The molecule has 0 spiro atoms. The van der Waals surface area contributed by atoms with E-state index in [9.17, 15) is 13.2 Å². The summed E-state index contributed by atoms with van der Waals surface area (Å²) in [5.41, 5.74) is 4.51. The molecule has 178 valence electrons. The Morgan fingerprint density at radius 1 is 0.794 bits per heavy atom. The monoisotopic (exact) mass is 477 g/mol. The largest absolute Gasteiger partial charge is 0.368 e. The molecule has 0 N–H and O–H groups in total. The number of carbonyl (C=O) groups is 1. The molecule has 4 rings (SSSR count). The van der Waals surface area contributed by atoms with Crippen LogP contribution in [0, 0.1) is 20.8 Å². The van der Waals surface area contributed by atoms with Gasteiger partial charge < -0.3 is 9.80 Å². The maximum atomic E-state index is 13.7. The molecule has 34 heavy (non-hydrogen) atoms. The molecule has 3 aromatic carbocycles. The number of benzene rings is 3. The van der Waals surface area contributed by atoms with Crippen LogP contribution in [0.4, 0.5) is 11.4 Å². The lowest BCUT2D eigenvalue weighted by molar-refractivity contribution is -0.129. The highest BCUT2D eigenvalue weighted by Crippen LogP contribution is 2.26. The van der Waals surface area contributed by atoms with Crippen LogP contribution in [0.3, 0.4) is 0 Å². The van der Waals surface area contributed by atoms with Gasteiger partial charge in [-0.25, -0.2) is 8.42 Å². The first-order valence-electron chi connectivity index (χ1n) is 11.5. The molecule has 0 unspecified atom stereocenters. The third kappa shape index (κ3) is 5.25. The van der Waals surface area contributed by atoms with Gasteiger partial charge in [-0.15, -0.1) is 0 Å². The highest BCUT2D eigenvalue weighted by Gasteiger charge is 2.30. The van der Waals surface area contributed by atoms with Gasteiger partial charge in [0, 0.05) is 31.9 Å². The van der Waals surface area contributed by atoms with Crippen LogP contribution in [0.5, 0.6) is 0 Å². The van der Waals surface area contributed by atoms with Crippen molar-refractivity contribution in [3.05, 3.63) is 89.5 Å². The van der Waals surface area contributed by atoms with E-state index in [1.165, 1.54) is 4.31 Å². The predicted octanol–water partition coefficient (Wildman–Crippen LogP) is 4.16. The van der Waals surface area contributed by atoms with Crippen LogP contribution < -0.4 is 9.21 Å². The van der Waals surface area contributed by atoms with Crippen molar-refractivity contribution in [3.63, 3.8) is 0 Å². The van der Waals surface area contributed by atoms with Crippen LogP contribution in [-0.2, 0) is 14.8 Å². The van der Waals surface area contributed by atoms with E-state index in [1.807, 2.05) is 57.2 Å². The molecule has 0 bridgehead atoms. The average Bonchev–Trinajstić information content (AvgIpc) is 2.82. The van der Waals surface area contributed by atoms with Crippen molar-refractivity contribution < 1.29 is 13.2 Å². The quantitative estimate of drug-likeness (QED) is 0.535. The molecule has 1 aliphatic heterocycles. The van der Waals surface area contributed by atoms with Gasteiger partial charge in [-0.2, -0.15) is 0 Å². The zero-order chi connectivity index (χ0) is 24.3. The molecular weight excluding hydrogens is 446 g/mol. The van der Waals surface area contributed by atoms with Crippen molar-refractivity contribution in [3.8, 4) is 0 Å². The van der Waals surface area contributed by atoms with Crippen LogP contribution in [-0.4, -0.2) is 51.9 Å². The molecule has 6 nitrogen and oxygen atoms in total. The molecule has 1 heterocycles. The summed E-state index contributed by atoms with van der Waals surface area (Å²) in [5.74, 6) is -0.192. The van der Waals surface area contributed by atoms with Crippen molar-refractivity contribution in [2.75, 3.05) is 41.9 Å². The first-order chi connectivity index (χ1) is 16.2. The number of para-hydroxylation sites is 1. The number of piperazine rings is 1. The number of anilines is 2. The Morgan fingerprint density at radius 2 is 1.38 bits per heavy atom. The second-order valence-corrected chi connectivity index (χ2v) is 10.7. The minimum absolute atomic E-state index is 0.180. The summed E-state index contributed by atoms with van der Waals surface area (Å²) in [6, 6.07) is 22.5. The van der Waals surface area contributed by atoms with Crippen molar-refractivity contribution >= 4 is 27.3 Å². The van der Waals surface area contributed by atoms with Gasteiger partial charge in [0.1, 0.15) is 6.54 Å². The number of hydrogen-bond donors (Lipinski definition) is 0. The second-order valence-electron chi connectivity index (χ2n) is 8.87. The van der Waals surface area contributed by atoms with Crippen LogP contribution in [0.15, 0.2) is 77.7 Å². The molecule has 0 atom stereocenters. The predicted molar refractivity (Wildman–Crippen MR) is 137 cm³/mol. The van der Waals surface area contributed by atoms with Gasteiger partial charge in [0.2, 0.25) is 5.91 Å². The van der Waals surface area contributed by atoms with Gasteiger partial charge in [0.05, 0.1) is 10.6 Å². The molecule has 1 saturated heterocycles. The van der Waals surface area contributed by atoms with Crippen LogP contribution in [0.2, 0.25) is 0 Å². The van der Waals surface area contributed by atoms with Crippen LogP contribution in [0.1, 0.15) is 16.7 Å². The Balaban J connectivity index is 1.57. The fraction of sp³-hybridized carbons (Fsp3) is 0.296. The summed E-state index contributed by atoms with van der Waals surface area (Å²) in [7, 11) is -3.92. The number of rotatable bonds is 6. The summed E-state index contributed by atoms with van der Waals surface area (Å²) in [4.78, 5) is 17.5. The van der Waals surface area contributed by atoms with E-state index < -0.39 is 10.0 Å². The maximum Gasteiger partial charge on any atom is 0.264 e. The molecule has 1 aliphatic rings. The lowest BCUT2D eigenvalue weighted by atomic mass is 10.1. The van der Waals surface area contributed by atoms with E-state index in [-0.39, 0.29) is 17.3 Å². The fourth-order valence-corrected chi connectivity index (χ4v) is 5.72. The summed E-state index contributed by atoms with van der Waals surface area (Å²) < 4.78 is 28.6. The van der Waals surface area contributed by atoms with Crippen LogP contribution in [0.25, 0.3) is 0 Å². The lowest BCUT2D eigenvalue weighted by Gasteiger charge is -2.37. The third-order valence-electron chi connectivity index (χ3n) is 6.14. The van der Waals surface area contributed by atoms with E-state index >= 15 is 0 Å². The Kier molecular flexibility index (Phi) is 6.93. The molecule has 3 aromatic rings. The average molecular weight is 478 g/mol. The van der Waals surface area contributed by atoms with Gasteiger partial charge in [-0.05, 0) is 68.3 Å². The molecule has 0 aliphatic carbocycles. The molecular formula is C27H31N3O3S. The zero-order valence-corrected chi connectivity index (χ0v) is 20.8. The Morgan fingerprint density at radius 3 is 1.97 bits per heavy atom. The minimum Gasteiger partial charge on any atom is -0.368 e. The summed E-state index contributed by atoms with van der Waals surface area (Å²) in [5, 5.41) is 0. The first kappa shape index (κ1) is 23.8. The van der Waals surface area contributed by atoms with E-state index in [2.05, 4.69) is 17.0 Å². The number of sulfonamides is 1. The lowest BCUT2D eigenvalue weighted by Crippen LogP contribution is -2.52. The number of hydrogen-bond acceptors (Lipinski definition) is 4. The van der Waals surface area contributed by atoms with Crippen molar-refractivity contribution in [1.82, 2.24) is 4.90 Å². The maximum absolute atomic E-state index is 13.7. The summed E-state index contributed by atoms with van der Waals surface area (Å²) >= 11 is 0. The summed E-state index contributed by atoms with van der Waals surface area (Å²) in [6.07, 6.45) is 0. The van der Waals surface area contributed by atoms with Crippen molar-refractivity contribution in [1.29, 1.82) is 0 Å². The SMILES string of the molecule is Cc1ccc(S(=O)(=O)N(CC(=O)N2CCN(c3ccccc3)CC2)c2cc(C)cc(C)c2)cc1. The number of aryl methyl sites for hydroxylation is 3. The smallest absolute Gasteiger partial charge is 0.264 e. The topological polar surface area (TPSA) is 60.9 Å². The Hall–Kier alpha value is -3.32. The molecule has 7 heteroatoms. The normalized spacial score (nSPS) is 14.2. The van der Waals surface area contributed by atoms with Gasteiger partial charge in [0.25, 0.3) is 10.0 Å². The molecule has 0 saturated carbocycles. The van der Waals surface area contributed by atoms with Gasteiger partial charge in [0.15, 0.2) is 0 Å². The Bertz CT molecular complexity index is 1230. The summed E-state index contributed by atoms with van der Waals surface area (Å²) in [6.45, 7) is 8.07. The molecule has 0 aromatic heterocycles. The van der Waals surface area contributed by atoms with Crippen molar-refractivity contribution in [2.45, 2.75) is 25.7 Å². The van der Waals surface area contributed by atoms with Crippen LogP contribution >= 0.6 is 0 Å². The fourth-order valence-electron chi connectivity index (χ4n) is 4.32. The molecule has 0 radical (unpaired) electrons. The molecule has 1 fully saturated rings. The van der Waals surface area contributed by atoms with Gasteiger partial charge in [-0.3, -0.25) is 9.10 Å². The first-order valence-corrected chi connectivity index (χ1v) is 12.9. The highest BCUT2D eigenvalue weighted by molar-refractivity contribution is 7.92. The van der Waals surface area contributed by atoms with E-state index in [4.69, 9.17) is 0 Å². The van der Waals surface area contributed by atoms with Gasteiger partial charge >= 0.3 is 0 Å². The van der Waals surface area contributed by atoms with E-state index in [1.54, 1.807) is 29.2 Å². The standard InChI is InChI=1S/C27H31N3O3S/c1-21-9-11-26(12-10-21)34(32,33)30(25-18-22(2)17-23(3)19-25)20-27(31)29-15-13-28(14-16-29)24-7-5-4-6-8-24/h4-12,17-19H,13-16,20H2,1-3H3. The second kappa shape index (κ2) is 9.89. The highest BCUT2D eigenvalue weighted by atomic mass is 32.2. The zero-order valence-electron chi connectivity index (χ0n) is 19.9. The number of nitrogens with zero attached hydrogens (tertiary/aromatic N) is 3. The van der Waals surface area contributed by atoms with Crippen molar-refractivity contribution in [2.24, 2.45) is 0 Å². The third-order valence-corrected chi connectivity index (χ3v) is 7.92. The van der Waals surface area contributed by atoms with E-state index in [0.717, 1.165) is 22.4 Å². The van der Waals surface area contributed by atoms with E-state index in [0.29, 0.717) is 31.9 Å². The van der Waals surface area contributed by atoms with Gasteiger partial charge in [-0.1, -0.05) is 42.0 Å².